The van der Waals surface area contributed by atoms with E-state index in [1.807, 2.05) is 26.0 Å². The maximum absolute atomic E-state index is 13.2. The molecular weight excluding hydrogens is 432 g/mol. The number of rotatable bonds is 7. The summed E-state index contributed by atoms with van der Waals surface area (Å²) in [6.45, 7) is 3.99. The summed E-state index contributed by atoms with van der Waals surface area (Å²) < 4.78 is 11.2. The van der Waals surface area contributed by atoms with E-state index in [1.165, 1.54) is 12.0 Å². The molecule has 0 spiro atoms. The van der Waals surface area contributed by atoms with E-state index in [9.17, 15) is 14.7 Å². The minimum atomic E-state index is -0.831. The van der Waals surface area contributed by atoms with Gasteiger partial charge in [0.25, 0.3) is 11.7 Å². The van der Waals surface area contributed by atoms with Crippen LogP contribution in [0.25, 0.3) is 5.76 Å². The van der Waals surface area contributed by atoms with Gasteiger partial charge < -0.3 is 19.5 Å². The lowest BCUT2D eigenvalue weighted by atomic mass is 9.94. The first-order chi connectivity index (χ1) is 16.4. The quantitative estimate of drug-likeness (QED) is 0.319. The number of Topliss-reactive ketones (excluding diaryl/α,β-unsaturated/α-hetero) is 1. The number of hydrogen-bond donors (Lipinski definition) is 1. The molecule has 1 N–H and O–H groups in total. The summed E-state index contributed by atoms with van der Waals surface area (Å²) in [5, 5.41) is 11.2. The summed E-state index contributed by atoms with van der Waals surface area (Å²) in [5.74, 6) is -0.540. The molecule has 1 atom stereocenters. The highest BCUT2D eigenvalue weighted by Gasteiger charge is 2.47. The number of amides is 1. The second-order valence-corrected chi connectivity index (χ2v) is 8.22. The van der Waals surface area contributed by atoms with Crippen LogP contribution in [0.5, 0.6) is 11.5 Å². The Kier molecular flexibility index (Phi) is 6.63. The fraction of sp³-hybridized carbons (Fsp3) is 0.222. The number of aliphatic hydroxyl groups is 1. The van der Waals surface area contributed by atoms with Crippen molar-refractivity contribution in [1.82, 2.24) is 9.88 Å². The van der Waals surface area contributed by atoms with Crippen molar-refractivity contribution in [3.63, 3.8) is 0 Å². The van der Waals surface area contributed by atoms with Gasteiger partial charge in [-0.15, -0.1) is 0 Å². The van der Waals surface area contributed by atoms with Gasteiger partial charge in [0.2, 0.25) is 0 Å². The molecule has 1 saturated heterocycles. The highest BCUT2D eigenvalue weighted by Crippen LogP contribution is 2.43. The zero-order valence-corrected chi connectivity index (χ0v) is 19.3. The highest BCUT2D eigenvalue weighted by atomic mass is 16.5. The first-order valence-electron chi connectivity index (χ1n) is 11.0. The summed E-state index contributed by atoms with van der Waals surface area (Å²) in [5.41, 5.74) is 1.79. The van der Waals surface area contributed by atoms with E-state index in [1.54, 1.807) is 60.9 Å². The number of para-hydroxylation sites is 1. The summed E-state index contributed by atoms with van der Waals surface area (Å²) >= 11 is 0. The third-order valence-electron chi connectivity index (χ3n) is 5.55. The predicted molar refractivity (Wildman–Crippen MR) is 127 cm³/mol. The number of carbonyl (C=O) groups is 2. The number of ketones is 1. The van der Waals surface area contributed by atoms with Gasteiger partial charge in [0.05, 0.1) is 24.8 Å². The maximum atomic E-state index is 13.2. The number of aliphatic hydroxyl groups excluding tert-OH is 1. The number of ether oxygens (including phenoxy) is 2. The van der Waals surface area contributed by atoms with E-state index >= 15 is 0 Å². The van der Waals surface area contributed by atoms with Crippen LogP contribution >= 0.6 is 0 Å². The molecule has 0 aliphatic carbocycles. The molecule has 0 bridgehead atoms. The maximum Gasteiger partial charge on any atom is 0.295 e. The van der Waals surface area contributed by atoms with Crippen molar-refractivity contribution in [3.8, 4) is 11.5 Å². The lowest BCUT2D eigenvalue weighted by molar-refractivity contribution is -0.140. The number of nitrogens with zero attached hydrogens (tertiary/aromatic N) is 2. The molecule has 1 aliphatic heterocycles. The Morgan fingerprint density at radius 2 is 1.79 bits per heavy atom. The van der Waals surface area contributed by atoms with Crippen molar-refractivity contribution >= 4 is 17.4 Å². The fourth-order valence-electron chi connectivity index (χ4n) is 4.07. The van der Waals surface area contributed by atoms with E-state index in [2.05, 4.69) is 4.98 Å². The molecule has 1 fully saturated rings. The lowest BCUT2D eigenvalue weighted by Gasteiger charge is -2.26. The smallest absolute Gasteiger partial charge is 0.295 e. The Balaban J connectivity index is 1.83. The molecule has 34 heavy (non-hydrogen) atoms. The van der Waals surface area contributed by atoms with Gasteiger partial charge in [-0.2, -0.15) is 0 Å². The summed E-state index contributed by atoms with van der Waals surface area (Å²) in [6.07, 6.45) is 3.29. The van der Waals surface area contributed by atoms with Crippen LogP contribution in [0.15, 0.2) is 78.6 Å². The molecule has 7 nitrogen and oxygen atoms in total. The van der Waals surface area contributed by atoms with Gasteiger partial charge in [0, 0.05) is 30.1 Å². The standard InChI is InChI=1S/C27H26N2O5/c1-17(2)34-20-12-10-19(11-13-20)25(30)23-24(21-8-4-5-9-22(21)33-3)29(27(32)26(23)31)16-18-7-6-14-28-15-18/h4-15,17,24,30H,16H2,1-3H3/b25-23-. The van der Waals surface area contributed by atoms with Gasteiger partial charge in [0.15, 0.2) is 0 Å². The van der Waals surface area contributed by atoms with Gasteiger partial charge in [-0.3, -0.25) is 14.6 Å². The lowest BCUT2D eigenvalue weighted by Crippen LogP contribution is -2.29. The summed E-state index contributed by atoms with van der Waals surface area (Å²) in [7, 11) is 1.53. The normalized spacial score (nSPS) is 17.3. The van der Waals surface area contributed by atoms with Gasteiger partial charge in [-0.05, 0) is 55.8 Å². The molecule has 174 valence electrons. The number of aromatic nitrogens is 1. The Hall–Kier alpha value is -4.13. The molecule has 2 heterocycles. The first-order valence-corrected chi connectivity index (χ1v) is 11.0. The van der Waals surface area contributed by atoms with E-state index in [-0.39, 0.29) is 24.0 Å². The number of pyridine rings is 1. The van der Waals surface area contributed by atoms with Gasteiger partial charge in [-0.25, -0.2) is 0 Å². The number of benzene rings is 2. The molecule has 1 amide bonds. The van der Waals surface area contributed by atoms with E-state index in [0.717, 1.165) is 5.56 Å². The van der Waals surface area contributed by atoms with Crippen LogP contribution in [0.2, 0.25) is 0 Å². The fourth-order valence-corrected chi connectivity index (χ4v) is 4.07. The number of likely N-dealkylation sites (tertiary alicyclic amines) is 1. The van der Waals surface area contributed by atoms with Crippen molar-refractivity contribution in [3.05, 3.63) is 95.3 Å². The highest BCUT2D eigenvalue weighted by molar-refractivity contribution is 6.46. The Morgan fingerprint density at radius 3 is 2.44 bits per heavy atom. The van der Waals surface area contributed by atoms with Gasteiger partial charge in [0.1, 0.15) is 17.3 Å². The molecule has 1 aliphatic rings. The monoisotopic (exact) mass is 458 g/mol. The molecule has 1 aromatic heterocycles. The largest absolute Gasteiger partial charge is 0.507 e. The van der Waals surface area contributed by atoms with Crippen molar-refractivity contribution in [2.45, 2.75) is 32.5 Å². The van der Waals surface area contributed by atoms with Crippen molar-refractivity contribution in [1.29, 1.82) is 0 Å². The van der Waals surface area contributed by atoms with Crippen molar-refractivity contribution < 1.29 is 24.2 Å². The van der Waals surface area contributed by atoms with Crippen LogP contribution in [0.3, 0.4) is 0 Å². The molecular formula is C27H26N2O5. The van der Waals surface area contributed by atoms with Crippen LogP contribution in [0.1, 0.15) is 36.6 Å². The summed E-state index contributed by atoms with van der Waals surface area (Å²) in [4.78, 5) is 31.9. The average Bonchev–Trinajstić information content (AvgIpc) is 3.09. The molecule has 0 saturated carbocycles. The average molecular weight is 459 g/mol. The zero-order chi connectivity index (χ0) is 24.2. The van der Waals surface area contributed by atoms with Crippen molar-refractivity contribution in [2.75, 3.05) is 7.11 Å². The SMILES string of the molecule is COc1ccccc1C1/C(=C(/O)c2ccc(OC(C)C)cc2)C(=O)C(=O)N1Cc1cccnc1. The van der Waals surface area contributed by atoms with Crippen LogP contribution in [0.4, 0.5) is 0 Å². The van der Waals surface area contributed by atoms with Gasteiger partial charge in [-0.1, -0.05) is 24.3 Å². The number of methoxy groups -OCH3 is 1. The van der Waals surface area contributed by atoms with Crippen LogP contribution < -0.4 is 9.47 Å². The van der Waals surface area contributed by atoms with E-state index in [0.29, 0.717) is 22.6 Å². The predicted octanol–water partition coefficient (Wildman–Crippen LogP) is 4.50. The Bertz CT molecular complexity index is 1220. The Labute approximate surface area is 198 Å². The topological polar surface area (TPSA) is 89.0 Å². The molecule has 7 heteroatoms. The molecule has 2 aromatic carbocycles. The van der Waals surface area contributed by atoms with Crippen LogP contribution in [-0.2, 0) is 16.1 Å². The zero-order valence-electron chi connectivity index (χ0n) is 19.3. The minimum Gasteiger partial charge on any atom is -0.507 e. The Morgan fingerprint density at radius 1 is 1.06 bits per heavy atom. The first kappa shape index (κ1) is 23.0. The van der Waals surface area contributed by atoms with E-state index in [4.69, 9.17) is 9.47 Å². The van der Waals surface area contributed by atoms with Crippen LogP contribution in [0, 0.1) is 0 Å². The van der Waals surface area contributed by atoms with E-state index < -0.39 is 17.7 Å². The third-order valence-corrected chi connectivity index (χ3v) is 5.55. The van der Waals surface area contributed by atoms with Gasteiger partial charge >= 0.3 is 0 Å². The number of carbonyl (C=O) groups excluding carboxylic acids is 2. The summed E-state index contributed by atoms with van der Waals surface area (Å²) in [6, 6.07) is 16.7. The minimum absolute atomic E-state index is 0.00259. The van der Waals surface area contributed by atoms with Crippen molar-refractivity contribution in [2.24, 2.45) is 0 Å². The molecule has 4 rings (SSSR count). The molecule has 0 radical (unpaired) electrons. The second-order valence-electron chi connectivity index (χ2n) is 8.22. The number of hydrogen-bond acceptors (Lipinski definition) is 6. The molecule has 1 unspecified atom stereocenters. The van der Waals surface area contributed by atoms with Crippen LogP contribution in [-0.4, -0.2) is 39.9 Å². The third kappa shape index (κ3) is 4.50. The second kappa shape index (κ2) is 9.79. The molecule has 3 aromatic rings.